The van der Waals surface area contributed by atoms with Crippen LogP contribution in [0.1, 0.15) is 75.0 Å². The Morgan fingerprint density at radius 2 is 1.24 bits per heavy atom. The smallest absolute Gasteiger partial charge is 0.414 e. The summed E-state index contributed by atoms with van der Waals surface area (Å²) in [6.07, 6.45) is 0.474. The number of allylic oxidation sites excluding steroid dienone is 2. The number of pyridine rings is 1. The predicted molar refractivity (Wildman–Crippen MR) is 282 cm³/mol. The SMILES string of the molecule is CN(C(=O)OC(C)(C)C)c1ccccc1Br.CN(C(=O)OC(C)(C)C)c1ccccc1C=O.CN1c2ccccc2Cc2c1nc(N)c(C#N)c2N.N#CCC(N)=C(C#N)C#N.Nc1ccccc1Br. The number of fused-ring (bicyclic) bond motifs is 2. The molecule has 4 aromatic carbocycles. The highest BCUT2D eigenvalue weighted by Gasteiger charge is 2.26. The lowest BCUT2D eigenvalue weighted by Crippen LogP contribution is -2.34. The normalized spacial score (nSPS) is 10.5. The third kappa shape index (κ3) is 17.5. The van der Waals surface area contributed by atoms with Crippen molar-refractivity contribution in [3.05, 3.63) is 140 Å². The van der Waals surface area contributed by atoms with Gasteiger partial charge >= 0.3 is 12.2 Å². The molecule has 0 aliphatic carbocycles. The van der Waals surface area contributed by atoms with Gasteiger partial charge in [-0.3, -0.25) is 14.6 Å². The number of para-hydroxylation sites is 4. The van der Waals surface area contributed by atoms with E-state index < -0.39 is 17.3 Å². The zero-order chi connectivity index (χ0) is 52.9. The van der Waals surface area contributed by atoms with Crippen molar-refractivity contribution >= 4 is 90.4 Å². The number of aromatic nitrogens is 1. The lowest BCUT2D eigenvalue weighted by molar-refractivity contribution is 0.0578. The summed E-state index contributed by atoms with van der Waals surface area (Å²) in [6, 6.07) is 37.0. The number of hydrogen-bond acceptors (Lipinski definition) is 15. The van der Waals surface area contributed by atoms with Crippen LogP contribution in [-0.4, -0.2) is 55.8 Å². The third-order valence-electron chi connectivity index (χ3n) is 9.19. The van der Waals surface area contributed by atoms with Crippen LogP contribution in [0, 0.1) is 45.3 Å². The third-order valence-corrected chi connectivity index (χ3v) is 10.6. The molecule has 1 aliphatic heterocycles. The maximum atomic E-state index is 11.8. The van der Waals surface area contributed by atoms with Gasteiger partial charge in [-0.15, -0.1) is 0 Å². The van der Waals surface area contributed by atoms with Gasteiger partial charge in [0.25, 0.3) is 0 Å². The molecule has 0 unspecified atom stereocenters. The standard InChI is InChI=1S/C14H13N5.C13H17NO3.C12H16BrNO2.C6H6BrN.C6H4N4/c1-19-11-5-3-2-4-8(11)6-9-12(16)10(7-15)13(17)18-14(9)19;1-13(2,3)17-12(16)14(4)11-8-6-5-7-10(11)9-15;1-12(2,3)16-11(15)14(4)10-8-6-5-7-9(10)13;7-5-3-1-2-4-6(5)8;7-2-1-6(10)5(3-8)4-9/h2-5H,6H2,1H3,(H4,16,17,18);5-9H,1-4H3;5-8H,1-4H3;1-4H,8H2;1,10H2. The van der Waals surface area contributed by atoms with Crippen molar-refractivity contribution in [1.29, 1.82) is 21.0 Å². The number of amides is 2. The average molecular weight is 1080 g/mol. The topological polar surface area (TPSA) is 292 Å². The number of hydrogen-bond donors (Lipinski definition) is 4. The number of nitrogens with two attached hydrogens (primary N) is 4. The number of carbonyl (C=O) groups excluding carboxylic acids is 3. The minimum Gasteiger partial charge on any atom is -0.443 e. The first-order valence-electron chi connectivity index (χ1n) is 21.0. The summed E-state index contributed by atoms with van der Waals surface area (Å²) in [4.78, 5) is 43.6. The number of nitrogens with zero attached hydrogens (tertiary/aromatic N) is 8. The van der Waals surface area contributed by atoms with E-state index >= 15 is 0 Å². The number of halogens is 2. The number of ether oxygens (including phenoxy) is 2. The molecule has 2 amide bonds. The van der Waals surface area contributed by atoms with E-state index in [1.54, 1.807) is 77.3 Å². The fraction of sp³-hybridized carbons (Fsp3) is 0.255. The summed E-state index contributed by atoms with van der Waals surface area (Å²) in [6.45, 7) is 10.9. The minimum absolute atomic E-state index is 0.0347. The summed E-state index contributed by atoms with van der Waals surface area (Å²) in [5.41, 5.74) is 27.7. The van der Waals surface area contributed by atoms with Gasteiger partial charge in [0.15, 0.2) is 6.29 Å². The van der Waals surface area contributed by atoms with Gasteiger partial charge < -0.3 is 37.3 Å². The summed E-state index contributed by atoms with van der Waals surface area (Å²) in [5.74, 6) is 0.915. The Bertz CT molecular complexity index is 2810. The van der Waals surface area contributed by atoms with Gasteiger partial charge in [-0.2, -0.15) is 21.0 Å². The lowest BCUT2D eigenvalue weighted by Gasteiger charge is -2.30. The number of carbonyl (C=O) groups is 3. The van der Waals surface area contributed by atoms with E-state index in [2.05, 4.69) is 42.9 Å². The molecule has 8 N–H and O–H groups in total. The molecule has 0 atom stereocenters. The Balaban J connectivity index is 0.000000310. The number of nitriles is 4. The molecule has 0 spiro atoms. The lowest BCUT2D eigenvalue weighted by atomic mass is 9.96. The van der Waals surface area contributed by atoms with Gasteiger partial charge in [0.05, 0.1) is 35.2 Å². The molecule has 6 rings (SSSR count). The summed E-state index contributed by atoms with van der Waals surface area (Å²) in [5, 5.41) is 33.6. The molecule has 0 radical (unpaired) electrons. The van der Waals surface area contributed by atoms with Crippen molar-refractivity contribution in [3.8, 4) is 24.3 Å². The van der Waals surface area contributed by atoms with Gasteiger partial charge in [-0.05, 0) is 121 Å². The molecule has 1 aromatic heterocycles. The van der Waals surface area contributed by atoms with E-state index in [9.17, 15) is 14.4 Å². The zero-order valence-electron chi connectivity index (χ0n) is 40.4. The Labute approximate surface area is 426 Å². The number of benzene rings is 4. The van der Waals surface area contributed by atoms with Crippen LogP contribution in [0.4, 0.5) is 49.7 Å². The highest BCUT2D eigenvalue weighted by atomic mass is 79.9. The Kier molecular flexibility index (Phi) is 22.4. The minimum atomic E-state index is -0.554. The monoisotopic (exact) mass is 1070 g/mol. The van der Waals surface area contributed by atoms with Crippen LogP contribution in [0.5, 0.6) is 0 Å². The maximum Gasteiger partial charge on any atom is 0.414 e. The van der Waals surface area contributed by atoms with Crippen LogP contribution in [0.3, 0.4) is 0 Å². The second-order valence-corrected chi connectivity index (χ2v) is 18.5. The van der Waals surface area contributed by atoms with Gasteiger partial charge in [-0.25, -0.2) is 14.6 Å². The molecule has 0 saturated heterocycles. The molecule has 364 valence electrons. The molecule has 1 aliphatic rings. The van der Waals surface area contributed by atoms with E-state index in [-0.39, 0.29) is 35.2 Å². The fourth-order valence-corrected chi connectivity index (χ4v) is 6.63. The largest absolute Gasteiger partial charge is 0.443 e. The second kappa shape index (κ2) is 27.0. The Morgan fingerprint density at radius 1 is 0.757 bits per heavy atom. The van der Waals surface area contributed by atoms with E-state index in [0.717, 1.165) is 43.7 Å². The molecule has 19 heteroatoms. The van der Waals surface area contributed by atoms with Crippen LogP contribution < -0.4 is 37.6 Å². The molecule has 2 heterocycles. The highest BCUT2D eigenvalue weighted by molar-refractivity contribution is 9.11. The van der Waals surface area contributed by atoms with Gasteiger partial charge in [0, 0.05) is 59.0 Å². The summed E-state index contributed by atoms with van der Waals surface area (Å²) >= 11 is 6.67. The molecule has 70 heavy (non-hydrogen) atoms. The molecule has 5 aromatic rings. The summed E-state index contributed by atoms with van der Waals surface area (Å²) < 4.78 is 12.3. The fourth-order valence-electron chi connectivity index (χ4n) is 5.80. The van der Waals surface area contributed by atoms with E-state index in [4.69, 9.17) is 53.5 Å². The number of rotatable bonds is 4. The predicted octanol–water partition coefficient (Wildman–Crippen LogP) is 10.7. The average Bonchev–Trinajstić information content (AvgIpc) is 3.30. The van der Waals surface area contributed by atoms with Crippen LogP contribution in [0.25, 0.3) is 0 Å². The Morgan fingerprint density at radius 3 is 1.71 bits per heavy atom. The number of aldehydes is 1. The van der Waals surface area contributed by atoms with Crippen molar-refractivity contribution in [1.82, 2.24) is 4.98 Å². The van der Waals surface area contributed by atoms with Gasteiger partial charge in [0.1, 0.15) is 52.2 Å². The quantitative estimate of drug-likeness (QED) is 0.0739. The molecule has 0 saturated carbocycles. The first-order valence-corrected chi connectivity index (χ1v) is 22.6. The van der Waals surface area contributed by atoms with Gasteiger partial charge in [-0.1, -0.05) is 54.6 Å². The molecule has 17 nitrogen and oxygen atoms in total. The first-order chi connectivity index (χ1) is 32.9. The first kappa shape index (κ1) is 58.0. The van der Waals surface area contributed by atoms with Crippen LogP contribution >= 0.6 is 31.9 Å². The zero-order valence-corrected chi connectivity index (χ0v) is 43.6. The second-order valence-electron chi connectivity index (χ2n) is 16.8. The van der Waals surface area contributed by atoms with Crippen molar-refractivity contribution in [2.75, 3.05) is 53.0 Å². The molecule has 0 bridgehead atoms. The molecule has 0 fully saturated rings. The number of nitrogen functional groups attached to an aromatic ring is 3. The van der Waals surface area contributed by atoms with Crippen molar-refractivity contribution in [2.45, 2.75) is 65.6 Å². The van der Waals surface area contributed by atoms with Gasteiger partial charge in [0.2, 0.25) is 0 Å². The van der Waals surface area contributed by atoms with Crippen LogP contribution in [0.2, 0.25) is 0 Å². The van der Waals surface area contributed by atoms with Crippen molar-refractivity contribution in [3.63, 3.8) is 0 Å². The maximum absolute atomic E-state index is 11.8. The van der Waals surface area contributed by atoms with Crippen LogP contribution in [-0.2, 0) is 15.9 Å². The molecular formula is C51H56Br2N12O5. The molecular weight excluding hydrogens is 1020 g/mol. The van der Waals surface area contributed by atoms with Crippen molar-refractivity contribution in [2.24, 2.45) is 5.73 Å². The Hall–Kier alpha value is -8.10. The van der Waals surface area contributed by atoms with E-state index in [0.29, 0.717) is 23.4 Å². The summed E-state index contributed by atoms with van der Waals surface area (Å²) in [7, 11) is 5.19. The highest BCUT2D eigenvalue weighted by Crippen LogP contribution is 2.40. The van der Waals surface area contributed by atoms with E-state index in [1.165, 1.54) is 15.4 Å². The van der Waals surface area contributed by atoms with Crippen LogP contribution in [0.15, 0.2) is 117 Å². The van der Waals surface area contributed by atoms with Crippen molar-refractivity contribution < 1.29 is 23.9 Å². The van der Waals surface area contributed by atoms with E-state index in [1.807, 2.05) is 106 Å². The number of anilines is 7.